The molecule has 2 aromatic heterocycles. The van der Waals surface area contributed by atoms with E-state index in [1.165, 1.54) is 16.4 Å². The Kier molecular flexibility index (Phi) is 5.71. The summed E-state index contributed by atoms with van der Waals surface area (Å²) < 4.78 is 28.9. The number of piperidine rings is 1. The second kappa shape index (κ2) is 8.17. The van der Waals surface area contributed by atoms with Gasteiger partial charge in [0.25, 0.3) is 11.5 Å². The van der Waals surface area contributed by atoms with Crippen molar-refractivity contribution in [2.45, 2.75) is 48.6 Å². The molecule has 0 amide bonds. The number of nitrogens with zero attached hydrogens (tertiary/aromatic N) is 6. The Labute approximate surface area is 183 Å². The fourth-order valence-electron chi connectivity index (χ4n) is 3.55. The van der Waals surface area contributed by atoms with Crippen LogP contribution in [0.3, 0.4) is 0 Å². The summed E-state index contributed by atoms with van der Waals surface area (Å²) >= 11 is 1.00. The second-order valence-corrected chi connectivity index (χ2v) is 10.7. The monoisotopic (exact) mass is 462 g/mol. The lowest BCUT2D eigenvalue weighted by molar-refractivity contribution is -0.388. The highest BCUT2D eigenvalue weighted by Gasteiger charge is 2.30. The number of hydrogen-bond donors (Lipinski definition) is 0. The van der Waals surface area contributed by atoms with Crippen molar-refractivity contribution >= 4 is 33.3 Å². The molecule has 164 valence electrons. The molecule has 0 saturated carbocycles. The Hall–Kier alpha value is -2.57. The van der Waals surface area contributed by atoms with E-state index in [1.807, 2.05) is 19.9 Å². The highest BCUT2D eigenvalue weighted by molar-refractivity contribution is 7.99. The molecule has 4 rings (SSSR count). The summed E-state index contributed by atoms with van der Waals surface area (Å²) in [6, 6.07) is 5.84. The standard InChI is InChI=1S/C19H22N6O4S2/c1-12-6-8-23(9-7-12)31(28,29)15-4-5-17(16(11-15)25(26)27)30-19-21-18-20-13(2)10-14(3)24(18)22-19/h4-5,10-12H,6-9H2,1-3H3. The first-order chi connectivity index (χ1) is 14.6. The molecule has 1 fully saturated rings. The van der Waals surface area contributed by atoms with Gasteiger partial charge in [-0.1, -0.05) is 6.92 Å². The van der Waals surface area contributed by atoms with Gasteiger partial charge in [0.1, 0.15) is 0 Å². The van der Waals surface area contributed by atoms with E-state index >= 15 is 0 Å². The Morgan fingerprint density at radius 3 is 2.55 bits per heavy atom. The maximum Gasteiger partial charge on any atom is 0.284 e. The van der Waals surface area contributed by atoms with Crippen molar-refractivity contribution < 1.29 is 13.3 Å². The first-order valence-electron chi connectivity index (χ1n) is 9.82. The van der Waals surface area contributed by atoms with Gasteiger partial charge in [-0.25, -0.2) is 17.9 Å². The number of sulfonamides is 1. The van der Waals surface area contributed by atoms with Crippen molar-refractivity contribution in [1.82, 2.24) is 23.9 Å². The van der Waals surface area contributed by atoms with Gasteiger partial charge in [0.05, 0.1) is 14.7 Å². The summed E-state index contributed by atoms with van der Waals surface area (Å²) in [7, 11) is -3.79. The number of rotatable bonds is 5. The Morgan fingerprint density at radius 1 is 1.16 bits per heavy atom. The van der Waals surface area contributed by atoms with Crippen LogP contribution in [0.4, 0.5) is 5.69 Å². The van der Waals surface area contributed by atoms with E-state index in [9.17, 15) is 18.5 Å². The van der Waals surface area contributed by atoms with Crippen LogP contribution in [0.5, 0.6) is 0 Å². The average molecular weight is 463 g/mol. The third-order valence-corrected chi connectivity index (χ3v) is 8.12. The quantitative estimate of drug-likeness (QED) is 0.418. The zero-order valence-electron chi connectivity index (χ0n) is 17.3. The van der Waals surface area contributed by atoms with Crippen LogP contribution in [0.2, 0.25) is 0 Å². The number of nitro groups is 1. The molecule has 0 aliphatic carbocycles. The average Bonchev–Trinajstić information content (AvgIpc) is 3.11. The maximum absolute atomic E-state index is 13.0. The minimum Gasteiger partial charge on any atom is -0.258 e. The zero-order valence-corrected chi connectivity index (χ0v) is 19.0. The minimum absolute atomic E-state index is 0.0748. The van der Waals surface area contributed by atoms with E-state index in [-0.39, 0.29) is 15.5 Å². The van der Waals surface area contributed by atoms with Gasteiger partial charge in [-0.05, 0) is 62.6 Å². The molecule has 31 heavy (non-hydrogen) atoms. The van der Waals surface area contributed by atoms with Crippen molar-refractivity contribution in [3.63, 3.8) is 0 Å². The smallest absolute Gasteiger partial charge is 0.258 e. The first kappa shape index (κ1) is 21.7. The predicted octanol–water partition coefficient (Wildman–Crippen LogP) is 3.22. The van der Waals surface area contributed by atoms with Crippen molar-refractivity contribution in [2.24, 2.45) is 5.92 Å². The number of hydrogen-bond acceptors (Lipinski definition) is 8. The molecule has 0 N–H and O–H groups in total. The van der Waals surface area contributed by atoms with Gasteiger partial charge in [-0.2, -0.15) is 9.29 Å². The molecule has 3 aromatic rings. The van der Waals surface area contributed by atoms with Crippen LogP contribution in [0.25, 0.3) is 5.78 Å². The lowest BCUT2D eigenvalue weighted by Crippen LogP contribution is -2.37. The van der Waals surface area contributed by atoms with Crippen LogP contribution in [-0.4, -0.2) is 50.3 Å². The molecular formula is C19H22N6O4S2. The van der Waals surface area contributed by atoms with Crippen LogP contribution >= 0.6 is 11.8 Å². The maximum atomic E-state index is 13.0. The van der Waals surface area contributed by atoms with E-state index in [0.29, 0.717) is 29.9 Å². The summed E-state index contributed by atoms with van der Waals surface area (Å²) in [4.78, 5) is 20.0. The van der Waals surface area contributed by atoms with Gasteiger partial charge in [-0.3, -0.25) is 10.1 Å². The van der Waals surface area contributed by atoms with Crippen LogP contribution in [0, 0.1) is 29.9 Å². The molecule has 1 aromatic carbocycles. The van der Waals surface area contributed by atoms with E-state index in [0.717, 1.165) is 42.1 Å². The highest BCUT2D eigenvalue weighted by atomic mass is 32.2. The molecule has 1 saturated heterocycles. The number of benzene rings is 1. The van der Waals surface area contributed by atoms with Gasteiger partial charge < -0.3 is 0 Å². The molecular weight excluding hydrogens is 440 g/mol. The largest absolute Gasteiger partial charge is 0.284 e. The molecule has 0 spiro atoms. The molecule has 0 unspecified atom stereocenters. The minimum atomic E-state index is -3.79. The summed E-state index contributed by atoms with van der Waals surface area (Å²) in [6.07, 6.45) is 1.56. The predicted molar refractivity (Wildman–Crippen MR) is 115 cm³/mol. The van der Waals surface area contributed by atoms with E-state index < -0.39 is 14.9 Å². The summed E-state index contributed by atoms with van der Waals surface area (Å²) in [6.45, 7) is 6.65. The van der Waals surface area contributed by atoms with Crippen LogP contribution in [0.1, 0.15) is 31.2 Å². The highest BCUT2D eigenvalue weighted by Crippen LogP contribution is 2.36. The van der Waals surface area contributed by atoms with Crippen LogP contribution in [-0.2, 0) is 10.0 Å². The molecule has 1 aliphatic heterocycles. The van der Waals surface area contributed by atoms with Crippen LogP contribution in [0.15, 0.2) is 39.2 Å². The summed E-state index contributed by atoms with van der Waals surface area (Å²) in [5, 5.41) is 16.4. The van der Waals surface area contributed by atoms with Crippen molar-refractivity contribution in [3.05, 3.63) is 45.8 Å². The van der Waals surface area contributed by atoms with Gasteiger partial charge in [-0.15, -0.1) is 5.10 Å². The Morgan fingerprint density at radius 2 is 1.87 bits per heavy atom. The lowest BCUT2D eigenvalue weighted by Gasteiger charge is -2.29. The fourth-order valence-corrected chi connectivity index (χ4v) is 5.86. The molecule has 3 heterocycles. The van der Waals surface area contributed by atoms with Crippen LogP contribution < -0.4 is 0 Å². The van der Waals surface area contributed by atoms with Gasteiger partial charge in [0.2, 0.25) is 15.2 Å². The first-order valence-corrected chi connectivity index (χ1v) is 12.1. The molecule has 0 atom stereocenters. The van der Waals surface area contributed by atoms with Crippen molar-refractivity contribution in [3.8, 4) is 0 Å². The number of aryl methyl sites for hydroxylation is 2. The van der Waals surface area contributed by atoms with E-state index in [4.69, 9.17) is 0 Å². The molecule has 10 nitrogen and oxygen atoms in total. The number of aromatic nitrogens is 4. The third-order valence-electron chi connectivity index (χ3n) is 5.31. The number of fused-ring (bicyclic) bond motifs is 1. The Balaban J connectivity index is 1.67. The third kappa shape index (κ3) is 4.27. The second-order valence-electron chi connectivity index (χ2n) is 7.72. The molecule has 0 radical (unpaired) electrons. The van der Waals surface area contributed by atoms with Gasteiger partial charge >= 0.3 is 0 Å². The summed E-state index contributed by atoms with van der Waals surface area (Å²) in [5.74, 6) is 0.876. The fraction of sp³-hybridized carbons (Fsp3) is 0.421. The van der Waals surface area contributed by atoms with Crippen molar-refractivity contribution in [2.75, 3.05) is 13.1 Å². The van der Waals surface area contributed by atoms with E-state index in [2.05, 4.69) is 22.0 Å². The molecule has 12 heteroatoms. The topological polar surface area (TPSA) is 124 Å². The number of nitro benzene ring substituents is 1. The normalized spacial score (nSPS) is 16.1. The SMILES string of the molecule is Cc1cc(C)n2nc(Sc3ccc(S(=O)(=O)N4CCC(C)CC4)cc3[N+](=O)[O-])nc2n1. The lowest BCUT2D eigenvalue weighted by atomic mass is 10.0. The zero-order chi connectivity index (χ0) is 22.3. The molecule has 0 bridgehead atoms. The van der Waals surface area contributed by atoms with Crippen molar-refractivity contribution in [1.29, 1.82) is 0 Å². The molecule has 1 aliphatic rings. The van der Waals surface area contributed by atoms with E-state index in [1.54, 1.807) is 4.52 Å². The Bertz CT molecular complexity index is 1270. The summed E-state index contributed by atoms with van der Waals surface area (Å²) in [5.41, 5.74) is 1.34. The van der Waals surface area contributed by atoms with Gasteiger partial charge in [0, 0.05) is 30.5 Å². The van der Waals surface area contributed by atoms with Gasteiger partial charge in [0.15, 0.2) is 0 Å².